The number of rotatable bonds is 8. The molecular weight excluding hydrogens is 284 g/mol. The van der Waals surface area contributed by atoms with Gasteiger partial charge in [-0.3, -0.25) is 10.1 Å². The second kappa shape index (κ2) is 8.81. The lowest BCUT2D eigenvalue weighted by molar-refractivity contribution is -0.485. The second-order valence-corrected chi connectivity index (χ2v) is 5.01. The molecule has 1 rings (SSSR count). The van der Waals surface area contributed by atoms with E-state index in [4.69, 9.17) is 4.74 Å². The molecule has 0 spiro atoms. The molecule has 120 valence electrons. The van der Waals surface area contributed by atoms with Crippen LogP contribution in [0.4, 0.5) is 0 Å². The highest BCUT2D eigenvalue weighted by Crippen LogP contribution is 2.17. The zero-order valence-electron chi connectivity index (χ0n) is 13.2. The highest BCUT2D eigenvalue weighted by atomic mass is 16.6. The molecule has 0 aliphatic heterocycles. The SMILES string of the molecule is CCOC(=O)/C(=C(\C)NCc1ccccc1)C(C)C[N+](=O)[O-]. The maximum atomic E-state index is 12.1. The molecule has 1 aromatic carbocycles. The van der Waals surface area contributed by atoms with E-state index >= 15 is 0 Å². The van der Waals surface area contributed by atoms with Crippen LogP contribution in [0.5, 0.6) is 0 Å². The van der Waals surface area contributed by atoms with Crippen LogP contribution in [0.3, 0.4) is 0 Å². The minimum atomic E-state index is -0.516. The van der Waals surface area contributed by atoms with E-state index in [-0.39, 0.29) is 13.2 Å². The Morgan fingerprint density at radius 3 is 2.55 bits per heavy atom. The molecular formula is C16H22N2O4. The van der Waals surface area contributed by atoms with Crippen molar-refractivity contribution in [1.82, 2.24) is 5.32 Å². The highest BCUT2D eigenvalue weighted by Gasteiger charge is 2.25. The summed E-state index contributed by atoms with van der Waals surface area (Å²) in [4.78, 5) is 22.4. The lowest BCUT2D eigenvalue weighted by Gasteiger charge is -2.16. The zero-order chi connectivity index (χ0) is 16.5. The summed E-state index contributed by atoms with van der Waals surface area (Å²) in [5.41, 5.74) is 2.00. The third-order valence-electron chi connectivity index (χ3n) is 3.22. The van der Waals surface area contributed by atoms with Crippen molar-refractivity contribution in [1.29, 1.82) is 0 Å². The standard InChI is InChI=1S/C16H22N2O4/c1-4-22-16(19)15(12(2)11-18(20)21)13(3)17-10-14-8-6-5-7-9-14/h5-9,12,17H,4,10-11H2,1-3H3/b15-13+. The van der Waals surface area contributed by atoms with E-state index in [9.17, 15) is 14.9 Å². The van der Waals surface area contributed by atoms with Crippen LogP contribution in [-0.4, -0.2) is 24.0 Å². The fourth-order valence-electron chi connectivity index (χ4n) is 2.17. The number of nitro groups is 1. The van der Waals surface area contributed by atoms with Crippen LogP contribution in [0, 0.1) is 16.0 Å². The number of nitrogens with one attached hydrogen (secondary N) is 1. The fraction of sp³-hybridized carbons (Fsp3) is 0.438. The van der Waals surface area contributed by atoms with Crippen molar-refractivity contribution in [3.8, 4) is 0 Å². The van der Waals surface area contributed by atoms with Crippen molar-refractivity contribution in [2.75, 3.05) is 13.2 Å². The summed E-state index contributed by atoms with van der Waals surface area (Å²) in [6.07, 6.45) is 0. The molecule has 6 nitrogen and oxygen atoms in total. The number of ether oxygens (including phenoxy) is 1. The molecule has 1 N–H and O–H groups in total. The van der Waals surface area contributed by atoms with Gasteiger partial charge in [0.25, 0.3) is 0 Å². The van der Waals surface area contributed by atoms with Crippen molar-refractivity contribution in [3.05, 3.63) is 57.3 Å². The third-order valence-corrected chi connectivity index (χ3v) is 3.22. The van der Waals surface area contributed by atoms with Gasteiger partial charge in [-0.2, -0.15) is 0 Å². The van der Waals surface area contributed by atoms with Crippen molar-refractivity contribution < 1.29 is 14.5 Å². The first-order valence-electron chi connectivity index (χ1n) is 7.23. The number of hydrogen-bond donors (Lipinski definition) is 1. The van der Waals surface area contributed by atoms with Gasteiger partial charge in [0.15, 0.2) is 0 Å². The average molecular weight is 306 g/mol. The maximum Gasteiger partial charge on any atom is 0.336 e. The Balaban J connectivity index is 2.90. The molecule has 1 unspecified atom stereocenters. The Bertz CT molecular complexity index is 540. The molecule has 22 heavy (non-hydrogen) atoms. The lowest BCUT2D eigenvalue weighted by atomic mass is 9.99. The van der Waals surface area contributed by atoms with Gasteiger partial charge in [0.2, 0.25) is 6.54 Å². The van der Waals surface area contributed by atoms with Crippen LogP contribution < -0.4 is 5.32 Å². The highest BCUT2D eigenvalue weighted by molar-refractivity contribution is 5.89. The van der Waals surface area contributed by atoms with E-state index in [1.165, 1.54) is 0 Å². The average Bonchev–Trinajstić information content (AvgIpc) is 2.46. The molecule has 0 heterocycles. The maximum absolute atomic E-state index is 12.1. The third kappa shape index (κ3) is 5.55. The molecule has 1 atom stereocenters. The quantitative estimate of drug-likeness (QED) is 0.345. The first-order chi connectivity index (χ1) is 10.5. The number of carbonyl (C=O) groups excluding carboxylic acids is 1. The minimum Gasteiger partial charge on any atom is -0.463 e. The predicted molar refractivity (Wildman–Crippen MR) is 83.6 cm³/mol. The number of nitrogens with zero attached hydrogens (tertiary/aromatic N) is 1. The van der Waals surface area contributed by atoms with E-state index in [1.54, 1.807) is 20.8 Å². The number of benzene rings is 1. The van der Waals surface area contributed by atoms with E-state index in [0.29, 0.717) is 17.8 Å². The first-order valence-corrected chi connectivity index (χ1v) is 7.23. The summed E-state index contributed by atoms with van der Waals surface area (Å²) in [6, 6.07) is 9.71. The van der Waals surface area contributed by atoms with Crippen molar-refractivity contribution >= 4 is 5.97 Å². The minimum absolute atomic E-state index is 0.236. The Hall–Kier alpha value is -2.37. The van der Waals surface area contributed by atoms with Gasteiger partial charge in [-0.05, 0) is 19.4 Å². The van der Waals surface area contributed by atoms with Crippen molar-refractivity contribution in [3.63, 3.8) is 0 Å². The summed E-state index contributed by atoms with van der Waals surface area (Å²) in [7, 11) is 0. The van der Waals surface area contributed by atoms with Gasteiger partial charge in [-0.1, -0.05) is 37.3 Å². The van der Waals surface area contributed by atoms with E-state index < -0.39 is 16.8 Å². The van der Waals surface area contributed by atoms with Gasteiger partial charge in [-0.25, -0.2) is 4.79 Å². The Kier molecular flexibility index (Phi) is 7.08. The van der Waals surface area contributed by atoms with Gasteiger partial charge in [0, 0.05) is 17.2 Å². The van der Waals surface area contributed by atoms with Crippen LogP contribution in [0.2, 0.25) is 0 Å². The van der Waals surface area contributed by atoms with E-state index in [1.807, 2.05) is 30.3 Å². The smallest absolute Gasteiger partial charge is 0.336 e. The number of carbonyl (C=O) groups is 1. The Morgan fingerprint density at radius 1 is 1.36 bits per heavy atom. The van der Waals surface area contributed by atoms with Crippen molar-refractivity contribution in [2.24, 2.45) is 5.92 Å². The number of hydrogen-bond acceptors (Lipinski definition) is 5. The van der Waals surface area contributed by atoms with E-state index in [0.717, 1.165) is 5.56 Å². The molecule has 0 bridgehead atoms. The number of allylic oxidation sites excluding steroid dienone is 1. The van der Waals surface area contributed by atoms with Gasteiger partial charge in [-0.15, -0.1) is 0 Å². The largest absolute Gasteiger partial charge is 0.463 e. The van der Waals surface area contributed by atoms with Crippen LogP contribution in [0.25, 0.3) is 0 Å². The summed E-state index contributed by atoms with van der Waals surface area (Å²) < 4.78 is 5.02. The van der Waals surface area contributed by atoms with Gasteiger partial charge in [0.05, 0.1) is 18.1 Å². The normalized spacial score (nSPS) is 13.0. The van der Waals surface area contributed by atoms with Crippen LogP contribution in [0.1, 0.15) is 26.3 Å². The molecule has 6 heteroatoms. The molecule has 0 aliphatic carbocycles. The first kappa shape index (κ1) is 17.7. The molecule has 0 aromatic heterocycles. The molecule has 0 fully saturated rings. The molecule has 0 aliphatic rings. The van der Waals surface area contributed by atoms with Crippen molar-refractivity contribution in [2.45, 2.75) is 27.3 Å². The Labute approximate surface area is 130 Å². The summed E-state index contributed by atoms with van der Waals surface area (Å²) in [5.74, 6) is -1.02. The lowest BCUT2D eigenvalue weighted by Crippen LogP contribution is -2.25. The van der Waals surface area contributed by atoms with Gasteiger partial charge in [0.1, 0.15) is 0 Å². The topological polar surface area (TPSA) is 81.5 Å². The molecule has 0 amide bonds. The molecule has 0 radical (unpaired) electrons. The zero-order valence-corrected chi connectivity index (χ0v) is 13.2. The Morgan fingerprint density at radius 2 is 2.00 bits per heavy atom. The summed E-state index contributed by atoms with van der Waals surface area (Å²) >= 11 is 0. The van der Waals surface area contributed by atoms with E-state index in [2.05, 4.69) is 5.32 Å². The summed E-state index contributed by atoms with van der Waals surface area (Å²) in [5, 5.41) is 13.9. The number of esters is 1. The second-order valence-electron chi connectivity index (χ2n) is 5.01. The van der Waals surface area contributed by atoms with Crippen LogP contribution in [-0.2, 0) is 16.1 Å². The molecule has 0 saturated carbocycles. The van der Waals surface area contributed by atoms with Crippen LogP contribution in [0.15, 0.2) is 41.6 Å². The monoisotopic (exact) mass is 306 g/mol. The molecule has 1 aromatic rings. The van der Waals surface area contributed by atoms with Gasteiger partial charge < -0.3 is 10.1 Å². The fourth-order valence-corrected chi connectivity index (χ4v) is 2.17. The summed E-state index contributed by atoms with van der Waals surface area (Å²) in [6.45, 7) is 5.58. The predicted octanol–water partition coefficient (Wildman–Crippen LogP) is 2.53. The van der Waals surface area contributed by atoms with Crippen LogP contribution >= 0.6 is 0 Å². The molecule has 0 saturated heterocycles. The van der Waals surface area contributed by atoms with Gasteiger partial charge >= 0.3 is 5.97 Å².